The molecule has 0 spiro atoms. The predicted molar refractivity (Wildman–Crippen MR) is 72.4 cm³/mol. The van der Waals surface area contributed by atoms with E-state index >= 15 is 0 Å². The lowest BCUT2D eigenvalue weighted by Gasteiger charge is -2.12. The topological polar surface area (TPSA) is 30.3 Å². The third-order valence-electron chi connectivity index (χ3n) is 2.59. The van der Waals surface area contributed by atoms with Gasteiger partial charge < -0.3 is 9.64 Å². The predicted octanol–water partition coefficient (Wildman–Crippen LogP) is 2.12. The summed E-state index contributed by atoms with van der Waals surface area (Å²) in [6, 6.07) is 12.0. The van der Waals surface area contributed by atoms with Crippen LogP contribution in [0.25, 0.3) is 5.69 Å². The number of likely N-dealkylation sites (N-methyl/N-ethyl adjacent to an activating group) is 1. The van der Waals surface area contributed by atoms with Crippen molar-refractivity contribution in [2.24, 2.45) is 0 Å². The summed E-state index contributed by atoms with van der Waals surface area (Å²) in [6.45, 7) is 3.52. The van der Waals surface area contributed by atoms with Crippen molar-refractivity contribution in [2.45, 2.75) is 6.92 Å². The Morgan fingerprint density at radius 3 is 2.61 bits per heavy atom. The lowest BCUT2D eigenvalue weighted by molar-refractivity contribution is 0.248. The summed E-state index contributed by atoms with van der Waals surface area (Å²) in [5, 5.41) is 4.46. The molecule has 0 unspecified atom stereocenters. The van der Waals surface area contributed by atoms with Gasteiger partial charge in [0.25, 0.3) is 0 Å². The first kappa shape index (κ1) is 12.6. The molecule has 0 aliphatic carbocycles. The molecule has 4 heteroatoms. The van der Waals surface area contributed by atoms with Crippen molar-refractivity contribution in [3.8, 4) is 11.6 Å². The number of nitrogens with zero attached hydrogens (tertiary/aromatic N) is 3. The Morgan fingerprint density at radius 1 is 1.22 bits per heavy atom. The molecule has 2 rings (SSSR count). The van der Waals surface area contributed by atoms with Gasteiger partial charge >= 0.3 is 0 Å². The highest BCUT2D eigenvalue weighted by molar-refractivity contribution is 5.35. The Bertz CT molecular complexity index is 491. The zero-order valence-corrected chi connectivity index (χ0v) is 11.1. The number of rotatable bonds is 5. The number of benzene rings is 1. The summed E-state index contributed by atoms with van der Waals surface area (Å²) in [4.78, 5) is 2.09. The molecule has 1 aromatic heterocycles. The van der Waals surface area contributed by atoms with Crippen molar-refractivity contribution in [1.29, 1.82) is 0 Å². The van der Waals surface area contributed by atoms with E-state index in [0.29, 0.717) is 6.61 Å². The molecule has 0 aliphatic heterocycles. The highest BCUT2D eigenvalue weighted by atomic mass is 16.5. The van der Waals surface area contributed by atoms with Gasteiger partial charge in [-0.2, -0.15) is 5.10 Å². The molecule has 0 saturated heterocycles. The number of ether oxygens (including phenoxy) is 1. The molecule has 18 heavy (non-hydrogen) atoms. The maximum absolute atomic E-state index is 5.78. The zero-order chi connectivity index (χ0) is 13.0. The lowest BCUT2D eigenvalue weighted by Crippen LogP contribution is -2.20. The van der Waals surface area contributed by atoms with Crippen molar-refractivity contribution in [1.82, 2.24) is 14.7 Å². The quantitative estimate of drug-likeness (QED) is 0.808. The van der Waals surface area contributed by atoms with Gasteiger partial charge in [-0.25, -0.2) is 4.68 Å². The van der Waals surface area contributed by atoms with Crippen LogP contribution < -0.4 is 4.74 Å². The molecular weight excluding hydrogens is 226 g/mol. The third kappa shape index (κ3) is 3.11. The van der Waals surface area contributed by atoms with Crippen LogP contribution in [0, 0.1) is 6.92 Å². The highest BCUT2D eigenvalue weighted by Crippen LogP contribution is 2.18. The first-order valence-corrected chi connectivity index (χ1v) is 6.06. The second kappa shape index (κ2) is 5.69. The molecule has 0 aliphatic rings. The largest absolute Gasteiger partial charge is 0.476 e. The number of hydrogen-bond donors (Lipinski definition) is 0. The highest BCUT2D eigenvalue weighted by Gasteiger charge is 2.08. The van der Waals surface area contributed by atoms with E-state index in [1.807, 2.05) is 62.1 Å². The third-order valence-corrected chi connectivity index (χ3v) is 2.59. The van der Waals surface area contributed by atoms with Crippen LogP contribution in [0.15, 0.2) is 36.4 Å². The first-order chi connectivity index (χ1) is 8.66. The summed E-state index contributed by atoms with van der Waals surface area (Å²) in [6.07, 6.45) is 0. The summed E-state index contributed by atoms with van der Waals surface area (Å²) in [7, 11) is 4.06. The van der Waals surface area contributed by atoms with Crippen LogP contribution in [0.3, 0.4) is 0 Å². The molecule has 2 aromatic rings. The van der Waals surface area contributed by atoms with Gasteiger partial charge in [0.05, 0.1) is 11.4 Å². The molecule has 0 N–H and O–H groups in total. The van der Waals surface area contributed by atoms with Crippen molar-refractivity contribution in [2.75, 3.05) is 27.2 Å². The Balaban J connectivity index is 2.16. The van der Waals surface area contributed by atoms with Gasteiger partial charge in [-0.1, -0.05) is 18.2 Å². The van der Waals surface area contributed by atoms with Crippen LogP contribution in [0.1, 0.15) is 5.69 Å². The molecule has 4 nitrogen and oxygen atoms in total. The maximum Gasteiger partial charge on any atom is 0.216 e. The van der Waals surface area contributed by atoms with Gasteiger partial charge in [0, 0.05) is 12.6 Å². The molecule has 0 atom stereocenters. The summed E-state index contributed by atoms with van der Waals surface area (Å²) in [5.74, 6) is 0.792. The SMILES string of the molecule is Cc1cc(OCCN(C)C)n(-c2ccccc2)n1. The van der Waals surface area contributed by atoms with Crippen molar-refractivity contribution >= 4 is 0 Å². The van der Waals surface area contributed by atoms with Gasteiger partial charge in [0.2, 0.25) is 5.88 Å². The van der Waals surface area contributed by atoms with Gasteiger partial charge in [-0.15, -0.1) is 0 Å². The molecule has 0 fully saturated rings. The fraction of sp³-hybridized carbons (Fsp3) is 0.357. The average molecular weight is 245 g/mol. The van der Waals surface area contributed by atoms with E-state index in [9.17, 15) is 0 Å². The molecule has 1 aromatic carbocycles. The van der Waals surface area contributed by atoms with Crippen molar-refractivity contribution < 1.29 is 4.74 Å². The number of aryl methyl sites for hydroxylation is 1. The summed E-state index contributed by atoms with van der Waals surface area (Å²) < 4.78 is 7.62. The number of hydrogen-bond acceptors (Lipinski definition) is 3. The second-order valence-electron chi connectivity index (χ2n) is 4.52. The normalized spacial score (nSPS) is 10.9. The molecule has 96 valence electrons. The van der Waals surface area contributed by atoms with E-state index in [1.165, 1.54) is 0 Å². The number of para-hydroxylation sites is 1. The zero-order valence-electron chi connectivity index (χ0n) is 11.1. The number of aromatic nitrogens is 2. The average Bonchev–Trinajstić information content (AvgIpc) is 2.71. The Hall–Kier alpha value is -1.81. The van der Waals surface area contributed by atoms with Gasteiger partial charge in [0.15, 0.2) is 0 Å². The van der Waals surface area contributed by atoms with Gasteiger partial charge in [0.1, 0.15) is 6.61 Å². The monoisotopic (exact) mass is 245 g/mol. The van der Waals surface area contributed by atoms with Crippen LogP contribution >= 0.6 is 0 Å². The van der Waals surface area contributed by atoms with Crippen LogP contribution in [-0.4, -0.2) is 41.9 Å². The minimum atomic E-state index is 0.658. The van der Waals surface area contributed by atoms with Crippen molar-refractivity contribution in [3.63, 3.8) is 0 Å². The fourth-order valence-corrected chi connectivity index (χ4v) is 1.67. The smallest absolute Gasteiger partial charge is 0.216 e. The minimum Gasteiger partial charge on any atom is -0.476 e. The summed E-state index contributed by atoms with van der Waals surface area (Å²) >= 11 is 0. The van der Waals surface area contributed by atoms with Gasteiger partial charge in [-0.05, 0) is 33.2 Å². The molecule has 0 bridgehead atoms. The van der Waals surface area contributed by atoms with Crippen LogP contribution in [0.5, 0.6) is 5.88 Å². The van der Waals surface area contributed by atoms with E-state index in [-0.39, 0.29) is 0 Å². The minimum absolute atomic E-state index is 0.658. The van der Waals surface area contributed by atoms with Crippen LogP contribution in [0.2, 0.25) is 0 Å². The van der Waals surface area contributed by atoms with E-state index in [1.54, 1.807) is 0 Å². The lowest BCUT2D eigenvalue weighted by atomic mass is 10.3. The van der Waals surface area contributed by atoms with Crippen molar-refractivity contribution in [3.05, 3.63) is 42.1 Å². The maximum atomic E-state index is 5.78. The van der Waals surface area contributed by atoms with E-state index in [4.69, 9.17) is 4.74 Å². The molecular formula is C14H19N3O. The van der Waals surface area contributed by atoms with Crippen LogP contribution in [0.4, 0.5) is 0 Å². The second-order valence-corrected chi connectivity index (χ2v) is 4.52. The molecule has 0 radical (unpaired) electrons. The molecule has 1 heterocycles. The molecule has 0 amide bonds. The van der Waals surface area contributed by atoms with Gasteiger partial charge in [-0.3, -0.25) is 0 Å². The van der Waals surface area contributed by atoms with Crippen LogP contribution in [-0.2, 0) is 0 Å². The van der Waals surface area contributed by atoms with E-state index in [0.717, 1.165) is 23.8 Å². The fourth-order valence-electron chi connectivity index (χ4n) is 1.67. The summed E-state index contributed by atoms with van der Waals surface area (Å²) in [5.41, 5.74) is 1.98. The Kier molecular flexibility index (Phi) is 3.99. The Labute approximate surface area is 108 Å². The van der Waals surface area contributed by atoms with E-state index in [2.05, 4.69) is 10.00 Å². The Morgan fingerprint density at radius 2 is 1.94 bits per heavy atom. The van der Waals surface area contributed by atoms with E-state index < -0.39 is 0 Å². The first-order valence-electron chi connectivity index (χ1n) is 6.06. The standard InChI is InChI=1S/C14H19N3O/c1-12-11-14(18-10-9-16(2)3)17(15-12)13-7-5-4-6-8-13/h4-8,11H,9-10H2,1-3H3. The molecule has 0 saturated carbocycles.